The van der Waals surface area contributed by atoms with Gasteiger partial charge in [0.1, 0.15) is 17.8 Å². The van der Waals surface area contributed by atoms with Crippen molar-refractivity contribution >= 4 is 51.2 Å². The van der Waals surface area contributed by atoms with Crippen LogP contribution >= 0.6 is 23.2 Å². The van der Waals surface area contributed by atoms with Crippen LogP contribution in [0.3, 0.4) is 0 Å². The molecule has 2 aliphatic rings. The highest BCUT2D eigenvalue weighted by molar-refractivity contribution is 7.89. The Kier molecular flexibility index (Phi) is 8.81. The van der Waals surface area contributed by atoms with Gasteiger partial charge in [-0.25, -0.2) is 18.0 Å². The monoisotopic (exact) mass is 583 g/mol. The van der Waals surface area contributed by atoms with Crippen molar-refractivity contribution in [1.29, 1.82) is 0 Å². The highest BCUT2D eigenvalue weighted by Gasteiger charge is 2.40. The molecule has 2 heterocycles. The van der Waals surface area contributed by atoms with Gasteiger partial charge in [-0.2, -0.15) is 4.31 Å². The highest BCUT2D eigenvalue weighted by atomic mass is 35.5. The van der Waals surface area contributed by atoms with E-state index in [2.05, 4.69) is 5.32 Å². The second-order valence-corrected chi connectivity index (χ2v) is 12.0. The Balaban J connectivity index is 1.41. The minimum atomic E-state index is -4.10. The number of aliphatic carboxylic acids is 1. The van der Waals surface area contributed by atoms with Crippen molar-refractivity contribution in [2.24, 2.45) is 0 Å². The van der Waals surface area contributed by atoms with Crippen molar-refractivity contribution in [3.63, 3.8) is 0 Å². The topological polar surface area (TPSA) is 133 Å². The number of carbonyl (C=O) groups excluding carboxylic acids is 2. The molecule has 2 N–H and O–H groups in total. The van der Waals surface area contributed by atoms with Crippen LogP contribution in [0.4, 0.5) is 4.79 Å². The minimum absolute atomic E-state index is 0.0508. The SMILES string of the molecule is O=C(O)[C@H](Cc1ccc(OC(=O)N2CCCC2)cc1)NC(=O)[C@@H]1CCCN1S(=O)(=O)c1cc(Cl)cc(Cl)c1. The van der Waals surface area contributed by atoms with E-state index in [9.17, 15) is 27.9 Å². The molecule has 0 bridgehead atoms. The van der Waals surface area contributed by atoms with E-state index in [1.807, 2.05) is 0 Å². The number of likely N-dealkylation sites (tertiary alicyclic amines) is 1. The van der Waals surface area contributed by atoms with Gasteiger partial charge in [-0.3, -0.25) is 4.79 Å². The normalized spacial score (nSPS) is 18.8. The van der Waals surface area contributed by atoms with Gasteiger partial charge in [0, 0.05) is 36.1 Å². The first kappa shape index (κ1) is 28.2. The largest absolute Gasteiger partial charge is 0.480 e. The summed E-state index contributed by atoms with van der Waals surface area (Å²) in [5, 5.41) is 12.5. The fraction of sp³-hybridized carbons (Fsp3) is 0.400. The number of nitrogens with one attached hydrogen (secondary N) is 1. The van der Waals surface area contributed by atoms with Crippen LogP contribution in [0.2, 0.25) is 10.0 Å². The fourth-order valence-corrected chi connectivity index (χ4v) is 6.95. The molecule has 204 valence electrons. The second-order valence-electron chi connectivity index (χ2n) is 9.19. The van der Waals surface area contributed by atoms with Gasteiger partial charge in [0.2, 0.25) is 15.9 Å². The van der Waals surface area contributed by atoms with Crippen molar-refractivity contribution in [2.75, 3.05) is 19.6 Å². The van der Waals surface area contributed by atoms with Crippen LogP contribution in [-0.4, -0.2) is 72.4 Å². The van der Waals surface area contributed by atoms with Gasteiger partial charge in [-0.15, -0.1) is 0 Å². The van der Waals surface area contributed by atoms with E-state index in [-0.39, 0.29) is 34.3 Å². The molecule has 0 radical (unpaired) electrons. The van der Waals surface area contributed by atoms with Crippen LogP contribution in [0.5, 0.6) is 5.75 Å². The first-order chi connectivity index (χ1) is 18.0. The average molecular weight is 584 g/mol. The molecule has 0 aliphatic carbocycles. The number of ether oxygens (including phenoxy) is 1. The predicted octanol–water partition coefficient (Wildman–Crippen LogP) is 3.55. The minimum Gasteiger partial charge on any atom is -0.480 e. The molecule has 2 amide bonds. The number of carboxylic acids is 1. The average Bonchev–Trinajstić information content (AvgIpc) is 3.57. The molecule has 2 fully saturated rings. The summed E-state index contributed by atoms with van der Waals surface area (Å²) in [7, 11) is -4.10. The Labute approximate surface area is 230 Å². The summed E-state index contributed by atoms with van der Waals surface area (Å²) >= 11 is 11.9. The third kappa shape index (κ3) is 6.58. The lowest BCUT2D eigenvalue weighted by Crippen LogP contribution is -2.51. The van der Waals surface area contributed by atoms with E-state index >= 15 is 0 Å². The first-order valence-corrected chi connectivity index (χ1v) is 14.3. The summed E-state index contributed by atoms with van der Waals surface area (Å²) < 4.78 is 32.9. The summed E-state index contributed by atoms with van der Waals surface area (Å²) in [4.78, 5) is 38.6. The Hall–Kier alpha value is -2.86. The predicted molar refractivity (Wildman–Crippen MR) is 140 cm³/mol. The summed E-state index contributed by atoms with van der Waals surface area (Å²) in [6.45, 7) is 1.41. The molecular formula is C25H27Cl2N3O7S. The van der Waals surface area contributed by atoms with Gasteiger partial charge in [0.05, 0.1) is 4.90 Å². The lowest BCUT2D eigenvalue weighted by atomic mass is 10.1. The van der Waals surface area contributed by atoms with E-state index in [0.29, 0.717) is 30.8 Å². The fourth-order valence-electron chi connectivity index (χ4n) is 4.57. The number of carbonyl (C=O) groups is 3. The number of hydrogen-bond acceptors (Lipinski definition) is 6. The lowest BCUT2D eigenvalue weighted by molar-refractivity contribution is -0.142. The van der Waals surface area contributed by atoms with E-state index in [1.54, 1.807) is 29.2 Å². The van der Waals surface area contributed by atoms with Gasteiger partial charge in [0.15, 0.2) is 0 Å². The third-order valence-corrected chi connectivity index (χ3v) is 8.82. The van der Waals surface area contributed by atoms with E-state index in [1.165, 1.54) is 18.2 Å². The maximum Gasteiger partial charge on any atom is 0.415 e. The zero-order valence-electron chi connectivity index (χ0n) is 20.3. The van der Waals surface area contributed by atoms with Crippen molar-refractivity contribution in [3.8, 4) is 5.75 Å². The summed E-state index contributed by atoms with van der Waals surface area (Å²) in [6.07, 6.45) is 2.07. The molecule has 0 spiro atoms. The molecular weight excluding hydrogens is 557 g/mol. The van der Waals surface area contributed by atoms with Crippen LogP contribution in [0.25, 0.3) is 0 Å². The van der Waals surface area contributed by atoms with E-state index in [0.717, 1.165) is 17.1 Å². The molecule has 13 heteroatoms. The molecule has 0 aromatic heterocycles. The summed E-state index contributed by atoms with van der Waals surface area (Å²) in [5.74, 6) is -1.64. The molecule has 2 atom stereocenters. The third-order valence-electron chi connectivity index (χ3n) is 6.50. The zero-order chi connectivity index (χ0) is 27.4. The molecule has 0 unspecified atom stereocenters. The van der Waals surface area contributed by atoms with Gasteiger partial charge in [-0.05, 0) is 61.6 Å². The Bertz CT molecular complexity index is 1290. The zero-order valence-corrected chi connectivity index (χ0v) is 22.6. The molecule has 2 aromatic rings. The quantitative estimate of drug-likeness (QED) is 0.485. The van der Waals surface area contributed by atoms with Gasteiger partial charge in [0.25, 0.3) is 0 Å². The van der Waals surface area contributed by atoms with Crippen LogP contribution < -0.4 is 10.1 Å². The van der Waals surface area contributed by atoms with Crippen LogP contribution in [0.15, 0.2) is 47.4 Å². The smallest absolute Gasteiger partial charge is 0.415 e. The van der Waals surface area contributed by atoms with Crippen molar-refractivity contribution in [1.82, 2.24) is 14.5 Å². The van der Waals surface area contributed by atoms with Crippen molar-refractivity contribution in [3.05, 3.63) is 58.1 Å². The number of nitrogens with zero attached hydrogens (tertiary/aromatic N) is 2. The number of hydrogen-bond donors (Lipinski definition) is 2. The molecule has 0 saturated carbocycles. The number of amides is 2. The maximum atomic E-state index is 13.2. The molecule has 4 rings (SSSR count). The lowest BCUT2D eigenvalue weighted by Gasteiger charge is -2.25. The molecule has 38 heavy (non-hydrogen) atoms. The Morgan fingerprint density at radius 2 is 1.63 bits per heavy atom. The molecule has 2 saturated heterocycles. The molecule has 10 nitrogen and oxygen atoms in total. The van der Waals surface area contributed by atoms with Gasteiger partial charge in [-0.1, -0.05) is 35.3 Å². The van der Waals surface area contributed by atoms with Crippen LogP contribution in [-0.2, 0) is 26.0 Å². The number of sulfonamides is 1. The Morgan fingerprint density at radius 1 is 1.00 bits per heavy atom. The number of benzene rings is 2. The number of halogens is 2. The van der Waals surface area contributed by atoms with Crippen LogP contribution in [0.1, 0.15) is 31.2 Å². The van der Waals surface area contributed by atoms with E-state index in [4.69, 9.17) is 27.9 Å². The van der Waals surface area contributed by atoms with Crippen LogP contribution in [0, 0.1) is 0 Å². The second kappa shape index (κ2) is 11.9. The molecule has 2 aromatic carbocycles. The maximum absolute atomic E-state index is 13.2. The van der Waals surface area contributed by atoms with E-state index < -0.39 is 40.1 Å². The highest BCUT2D eigenvalue weighted by Crippen LogP contribution is 2.30. The number of rotatable bonds is 8. The standard InChI is InChI=1S/C25H27Cl2N3O7S/c26-17-13-18(27)15-20(14-17)38(35,36)30-11-3-4-22(30)23(31)28-21(24(32)33)12-16-5-7-19(8-6-16)37-25(34)29-9-1-2-10-29/h5-8,13-15,21-22H,1-4,9-12H2,(H,28,31)(H,32,33)/t21-,22-/m0/s1. The van der Waals surface area contributed by atoms with Gasteiger partial charge >= 0.3 is 12.1 Å². The number of carboxylic acid groups (broad SMARTS) is 1. The summed E-state index contributed by atoms with van der Waals surface area (Å²) in [6, 6.07) is 7.88. The van der Waals surface area contributed by atoms with Crippen molar-refractivity contribution < 1.29 is 32.6 Å². The Morgan fingerprint density at radius 3 is 2.24 bits per heavy atom. The summed E-state index contributed by atoms with van der Waals surface area (Å²) in [5.41, 5.74) is 0.586. The first-order valence-electron chi connectivity index (χ1n) is 12.1. The van der Waals surface area contributed by atoms with Gasteiger partial charge < -0.3 is 20.1 Å². The van der Waals surface area contributed by atoms with Crippen molar-refractivity contribution in [2.45, 2.75) is 49.1 Å². The molecule has 2 aliphatic heterocycles.